The van der Waals surface area contributed by atoms with Crippen molar-refractivity contribution in [2.75, 3.05) is 39.8 Å². The summed E-state index contributed by atoms with van der Waals surface area (Å²) in [5.41, 5.74) is 0. The van der Waals surface area contributed by atoms with Gasteiger partial charge in [-0.3, -0.25) is 19.4 Å². The second-order valence-corrected chi connectivity index (χ2v) is 7.49. The first-order chi connectivity index (χ1) is 13.4. The fourth-order valence-corrected chi connectivity index (χ4v) is 3.75. The van der Waals surface area contributed by atoms with Crippen LogP contribution in [0.5, 0.6) is 11.5 Å². The number of hydrogen-bond acceptors (Lipinski definition) is 6. The number of carboxylic acid groups (broad SMARTS) is 1. The first-order valence-electron chi connectivity index (χ1n) is 9.76. The lowest BCUT2D eigenvalue weighted by molar-refractivity contribution is -0.138. The van der Waals surface area contributed by atoms with E-state index in [2.05, 4.69) is 10.2 Å². The Kier molecular flexibility index (Phi) is 6.74. The molecule has 2 N–H and O–H groups in total. The monoisotopic (exact) mass is 391 g/mol. The maximum Gasteiger partial charge on any atom is 0.317 e. The minimum Gasteiger partial charge on any atom is -0.486 e. The zero-order valence-corrected chi connectivity index (χ0v) is 16.5. The third kappa shape index (κ3) is 5.14. The highest BCUT2D eigenvalue weighted by Gasteiger charge is 2.29. The fraction of sp³-hybridized carbons (Fsp3) is 0.600. The smallest absolute Gasteiger partial charge is 0.317 e. The Labute approximate surface area is 165 Å². The first kappa shape index (κ1) is 20.4. The van der Waals surface area contributed by atoms with Crippen molar-refractivity contribution >= 4 is 11.9 Å². The van der Waals surface area contributed by atoms with Crippen molar-refractivity contribution in [2.24, 2.45) is 0 Å². The second kappa shape index (κ2) is 9.25. The highest BCUT2D eigenvalue weighted by atomic mass is 16.6. The molecule has 0 radical (unpaired) electrons. The van der Waals surface area contributed by atoms with Gasteiger partial charge in [-0.2, -0.15) is 0 Å². The molecule has 28 heavy (non-hydrogen) atoms. The lowest BCUT2D eigenvalue weighted by Crippen LogP contribution is -2.53. The molecule has 3 rings (SSSR count). The molecule has 0 bridgehead atoms. The maximum absolute atomic E-state index is 12.6. The van der Waals surface area contributed by atoms with Gasteiger partial charge in [0.1, 0.15) is 12.7 Å². The number of nitrogens with one attached hydrogen (secondary N) is 1. The van der Waals surface area contributed by atoms with Crippen LogP contribution in [0, 0.1) is 0 Å². The predicted molar refractivity (Wildman–Crippen MR) is 104 cm³/mol. The van der Waals surface area contributed by atoms with Gasteiger partial charge in [-0.05, 0) is 38.9 Å². The van der Waals surface area contributed by atoms with Crippen LogP contribution in [0.1, 0.15) is 19.8 Å². The summed E-state index contributed by atoms with van der Waals surface area (Å²) in [7, 11) is 1.84. The highest BCUT2D eigenvalue weighted by molar-refractivity contribution is 5.81. The first-order valence-corrected chi connectivity index (χ1v) is 9.76. The summed E-state index contributed by atoms with van der Waals surface area (Å²) in [5.74, 6) is 0.594. The maximum atomic E-state index is 12.6. The van der Waals surface area contributed by atoms with Gasteiger partial charge in [-0.1, -0.05) is 12.1 Å². The van der Waals surface area contributed by atoms with Crippen LogP contribution in [0.25, 0.3) is 0 Å². The topological polar surface area (TPSA) is 91.3 Å². The van der Waals surface area contributed by atoms with Crippen molar-refractivity contribution in [2.45, 2.75) is 38.0 Å². The van der Waals surface area contributed by atoms with Crippen LogP contribution in [0.4, 0.5) is 0 Å². The van der Waals surface area contributed by atoms with Crippen molar-refractivity contribution < 1.29 is 24.2 Å². The van der Waals surface area contributed by atoms with E-state index in [0.29, 0.717) is 18.9 Å². The van der Waals surface area contributed by atoms with E-state index < -0.39 is 5.97 Å². The minimum absolute atomic E-state index is 0.0280. The molecule has 0 aliphatic carbocycles. The fourth-order valence-electron chi connectivity index (χ4n) is 3.75. The van der Waals surface area contributed by atoms with E-state index in [0.717, 1.165) is 31.7 Å². The molecule has 1 saturated heterocycles. The number of hydrogen-bond donors (Lipinski definition) is 2. The Bertz CT molecular complexity index is 690. The Morgan fingerprint density at radius 1 is 1.29 bits per heavy atom. The van der Waals surface area contributed by atoms with E-state index in [9.17, 15) is 9.59 Å². The molecule has 1 aromatic carbocycles. The number of nitrogens with zero attached hydrogens (tertiary/aromatic N) is 2. The van der Waals surface area contributed by atoms with Crippen LogP contribution < -0.4 is 14.8 Å². The molecule has 1 aromatic rings. The normalized spacial score (nSPS) is 21.3. The van der Waals surface area contributed by atoms with Crippen molar-refractivity contribution in [1.82, 2.24) is 15.1 Å². The van der Waals surface area contributed by atoms with Gasteiger partial charge in [-0.15, -0.1) is 0 Å². The van der Waals surface area contributed by atoms with Crippen LogP contribution in [0.15, 0.2) is 24.3 Å². The van der Waals surface area contributed by atoms with Crippen molar-refractivity contribution in [3.05, 3.63) is 24.3 Å². The predicted octanol–water partition coefficient (Wildman–Crippen LogP) is 0.812. The van der Waals surface area contributed by atoms with E-state index in [1.165, 1.54) is 0 Å². The van der Waals surface area contributed by atoms with Gasteiger partial charge in [0, 0.05) is 19.1 Å². The molecule has 1 fully saturated rings. The number of likely N-dealkylation sites (N-methyl/N-ethyl adjacent to an activating group) is 1. The Morgan fingerprint density at radius 3 is 2.64 bits per heavy atom. The van der Waals surface area contributed by atoms with Crippen molar-refractivity contribution in [1.29, 1.82) is 0 Å². The number of rotatable bonds is 7. The summed E-state index contributed by atoms with van der Waals surface area (Å²) in [6, 6.07) is 7.52. The van der Waals surface area contributed by atoms with Gasteiger partial charge in [0.2, 0.25) is 5.91 Å². The molecule has 2 unspecified atom stereocenters. The van der Waals surface area contributed by atoms with Gasteiger partial charge >= 0.3 is 5.97 Å². The van der Waals surface area contributed by atoms with Crippen LogP contribution in [0.3, 0.4) is 0 Å². The molecule has 2 aliphatic heterocycles. The van der Waals surface area contributed by atoms with Gasteiger partial charge < -0.3 is 19.9 Å². The molecule has 0 saturated carbocycles. The van der Waals surface area contributed by atoms with Gasteiger partial charge in [0.05, 0.1) is 19.1 Å². The molecular weight excluding hydrogens is 362 g/mol. The van der Waals surface area contributed by atoms with E-state index in [4.69, 9.17) is 14.6 Å². The minimum atomic E-state index is -0.811. The summed E-state index contributed by atoms with van der Waals surface area (Å²) in [6.45, 7) is 4.32. The van der Waals surface area contributed by atoms with Gasteiger partial charge in [-0.25, -0.2) is 0 Å². The standard InChI is InChI=1S/C20H29N3O5/c1-14(23-9-7-15(8-10-23)22(2)12-19(24)25)20(26)21-11-16-13-27-17-5-3-4-6-18(17)28-16/h3-6,14-16H,7-13H2,1-2H3,(H,21,26)(H,24,25). The van der Waals surface area contributed by atoms with Crippen molar-refractivity contribution in [3.63, 3.8) is 0 Å². The number of carbonyl (C=O) groups excluding carboxylic acids is 1. The number of ether oxygens (including phenoxy) is 2. The van der Waals surface area contributed by atoms with Crippen LogP contribution in [-0.4, -0.2) is 84.8 Å². The number of carbonyl (C=O) groups is 2. The molecule has 2 heterocycles. The molecule has 2 atom stereocenters. The number of carboxylic acids is 1. The zero-order chi connectivity index (χ0) is 20.1. The van der Waals surface area contributed by atoms with Crippen LogP contribution in [-0.2, 0) is 9.59 Å². The molecule has 0 aromatic heterocycles. The summed E-state index contributed by atoms with van der Waals surface area (Å²) in [6.07, 6.45) is 1.51. The summed E-state index contributed by atoms with van der Waals surface area (Å²) >= 11 is 0. The average molecular weight is 391 g/mol. The third-order valence-corrected chi connectivity index (χ3v) is 5.51. The van der Waals surface area contributed by atoms with Gasteiger partial charge in [0.15, 0.2) is 11.5 Å². The Morgan fingerprint density at radius 2 is 1.96 bits per heavy atom. The molecule has 8 nitrogen and oxygen atoms in total. The molecule has 1 amide bonds. The lowest BCUT2D eigenvalue weighted by atomic mass is 10.0. The van der Waals surface area contributed by atoms with Crippen molar-refractivity contribution in [3.8, 4) is 11.5 Å². The van der Waals surface area contributed by atoms with E-state index in [1.807, 2.05) is 43.1 Å². The molecule has 2 aliphatic rings. The average Bonchev–Trinajstić information content (AvgIpc) is 2.71. The third-order valence-electron chi connectivity index (χ3n) is 5.51. The van der Waals surface area contributed by atoms with E-state index in [1.54, 1.807) is 0 Å². The summed E-state index contributed by atoms with van der Waals surface area (Å²) in [5, 5.41) is 11.9. The quantitative estimate of drug-likeness (QED) is 0.711. The number of amides is 1. The number of para-hydroxylation sites is 2. The molecule has 154 valence electrons. The second-order valence-electron chi connectivity index (χ2n) is 7.49. The highest BCUT2D eigenvalue weighted by Crippen LogP contribution is 2.30. The number of benzene rings is 1. The molecular formula is C20H29N3O5. The van der Waals surface area contributed by atoms with Gasteiger partial charge in [0.25, 0.3) is 0 Å². The SMILES string of the molecule is CC(C(=O)NCC1COc2ccccc2O1)N1CCC(N(C)CC(=O)O)CC1. The number of aliphatic carboxylic acids is 1. The van der Waals surface area contributed by atoms with E-state index in [-0.39, 0.29) is 30.6 Å². The lowest BCUT2D eigenvalue weighted by Gasteiger charge is -2.38. The summed E-state index contributed by atoms with van der Waals surface area (Å²) in [4.78, 5) is 27.4. The number of piperidine rings is 1. The van der Waals surface area contributed by atoms with Crippen LogP contribution in [0.2, 0.25) is 0 Å². The summed E-state index contributed by atoms with van der Waals surface area (Å²) < 4.78 is 11.5. The molecule has 0 spiro atoms. The molecule has 8 heteroatoms. The largest absolute Gasteiger partial charge is 0.486 e. The van der Waals surface area contributed by atoms with E-state index >= 15 is 0 Å². The number of likely N-dealkylation sites (tertiary alicyclic amines) is 1. The Balaban J connectivity index is 1.41. The zero-order valence-electron chi connectivity index (χ0n) is 16.5. The van der Waals surface area contributed by atoms with Crippen LogP contribution >= 0.6 is 0 Å². The number of fused-ring (bicyclic) bond motifs is 1. The Hall–Kier alpha value is -2.32.